The number of rotatable bonds is 1. The molecule has 0 aliphatic rings. The standard InChI is InChI=1S/C15H9ClN4O/c16-10-3-1-9(2-4-10)13-8-20-14(18-13)11-7-17-6-5-12(11)19-15(20)21/h1-8H,(H,19,21). The number of aromatic amines is 1. The largest absolute Gasteiger partial charge is 0.331 e. The average Bonchev–Trinajstić information content (AvgIpc) is 2.94. The van der Waals surface area contributed by atoms with E-state index in [-0.39, 0.29) is 5.69 Å². The maximum atomic E-state index is 12.1. The molecule has 0 unspecified atom stereocenters. The summed E-state index contributed by atoms with van der Waals surface area (Å²) in [5.41, 5.74) is 2.70. The molecule has 21 heavy (non-hydrogen) atoms. The Morgan fingerprint density at radius 1 is 1.14 bits per heavy atom. The minimum atomic E-state index is -0.226. The molecule has 0 saturated carbocycles. The highest BCUT2D eigenvalue weighted by atomic mass is 35.5. The molecule has 3 heterocycles. The number of benzene rings is 1. The number of imidazole rings is 1. The fourth-order valence-corrected chi connectivity index (χ4v) is 2.47. The van der Waals surface area contributed by atoms with Gasteiger partial charge >= 0.3 is 5.69 Å². The van der Waals surface area contributed by atoms with Crippen molar-refractivity contribution >= 4 is 28.2 Å². The molecule has 0 saturated heterocycles. The molecule has 1 aromatic carbocycles. The number of hydrogen-bond donors (Lipinski definition) is 1. The lowest BCUT2D eigenvalue weighted by atomic mass is 10.2. The summed E-state index contributed by atoms with van der Waals surface area (Å²) in [5.74, 6) is 0. The Balaban J connectivity index is 2.05. The van der Waals surface area contributed by atoms with Gasteiger partial charge in [-0.05, 0) is 18.2 Å². The first-order chi connectivity index (χ1) is 10.2. The molecule has 102 valence electrons. The van der Waals surface area contributed by atoms with Crippen LogP contribution in [0.15, 0.2) is 53.7 Å². The second-order valence-corrected chi connectivity index (χ2v) is 5.11. The van der Waals surface area contributed by atoms with Gasteiger partial charge in [-0.1, -0.05) is 23.7 Å². The molecule has 0 bridgehead atoms. The number of fused-ring (bicyclic) bond motifs is 3. The van der Waals surface area contributed by atoms with Gasteiger partial charge in [0.25, 0.3) is 0 Å². The first-order valence-corrected chi connectivity index (χ1v) is 6.71. The smallest absolute Gasteiger partial charge is 0.306 e. The van der Waals surface area contributed by atoms with Gasteiger partial charge in [0.15, 0.2) is 5.65 Å². The third-order valence-corrected chi connectivity index (χ3v) is 3.62. The second kappa shape index (κ2) is 4.43. The van der Waals surface area contributed by atoms with Crippen LogP contribution in [0, 0.1) is 0 Å². The molecule has 6 heteroatoms. The summed E-state index contributed by atoms with van der Waals surface area (Å²) >= 11 is 5.89. The van der Waals surface area contributed by atoms with E-state index >= 15 is 0 Å². The van der Waals surface area contributed by atoms with Crippen molar-refractivity contribution in [2.45, 2.75) is 0 Å². The molecular formula is C15H9ClN4O. The van der Waals surface area contributed by atoms with Gasteiger partial charge in [-0.2, -0.15) is 0 Å². The summed E-state index contributed by atoms with van der Waals surface area (Å²) in [6.45, 7) is 0. The second-order valence-electron chi connectivity index (χ2n) is 4.68. The fourth-order valence-electron chi connectivity index (χ4n) is 2.34. The predicted octanol–water partition coefficient (Wildman–Crippen LogP) is 2.89. The van der Waals surface area contributed by atoms with E-state index < -0.39 is 0 Å². The Hall–Kier alpha value is -2.66. The van der Waals surface area contributed by atoms with Crippen LogP contribution in [-0.4, -0.2) is 19.4 Å². The van der Waals surface area contributed by atoms with Crippen molar-refractivity contribution in [1.82, 2.24) is 19.4 Å². The van der Waals surface area contributed by atoms with Crippen molar-refractivity contribution in [1.29, 1.82) is 0 Å². The minimum absolute atomic E-state index is 0.226. The maximum absolute atomic E-state index is 12.1. The van der Waals surface area contributed by atoms with Crippen molar-refractivity contribution < 1.29 is 0 Å². The zero-order valence-electron chi connectivity index (χ0n) is 10.7. The van der Waals surface area contributed by atoms with Crippen LogP contribution in [-0.2, 0) is 0 Å². The van der Waals surface area contributed by atoms with E-state index in [1.807, 2.05) is 12.1 Å². The molecule has 0 fully saturated rings. The van der Waals surface area contributed by atoms with E-state index in [1.165, 1.54) is 4.40 Å². The summed E-state index contributed by atoms with van der Waals surface area (Å²) in [6, 6.07) is 9.10. The quantitative estimate of drug-likeness (QED) is 0.587. The number of halogens is 1. The number of hydrogen-bond acceptors (Lipinski definition) is 3. The van der Waals surface area contributed by atoms with Crippen LogP contribution < -0.4 is 5.69 Å². The topological polar surface area (TPSA) is 63.0 Å². The van der Waals surface area contributed by atoms with Gasteiger partial charge in [-0.25, -0.2) is 9.78 Å². The average molecular weight is 297 g/mol. The van der Waals surface area contributed by atoms with Gasteiger partial charge in [-0.3, -0.25) is 9.38 Å². The van der Waals surface area contributed by atoms with E-state index in [0.29, 0.717) is 16.4 Å². The summed E-state index contributed by atoms with van der Waals surface area (Å²) in [7, 11) is 0. The molecule has 4 aromatic rings. The lowest BCUT2D eigenvalue weighted by Crippen LogP contribution is -2.15. The van der Waals surface area contributed by atoms with E-state index in [9.17, 15) is 4.79 Å². The van der Waals surface area contributed by atoms with E-state index in [0.717, 1.165) is 16.5 Å². The summed E-state index contributed by atoms with van der Waals surface area (Å²) in [4.78, 5) is 23.6. The first kappa shape index (κ1) is 12.1. The molecule has 0 aliphatic heterocycles. The summed E-state index contributed by atoms with van der Waals surface area (Å²) in [6.07, 6.45) is 5.04. The number of nitrogens with one attached hydrogen (secondary N) is 1. The SMILES string of the molecule is O=c1[nH]c2ccncc2c2nc(-c3ccc(Cl)cc3)cn12. The minimum Gasteiger partial charge on any atom is -0.306 e. The van der Waals surface area contributed by atoms with Gasteiger partial charge < -0.3 is 4.98 Å². The van der Waals surface area contributed by atoms with Crippen LogP contribution in [0.4, 0.5) is 0 Å². The number of nitrogens with zero attached hydrogens (tertiary/aromatic N) is 3. The monoisotopic (exact) mass is 296 g/mol. The summed E-state index contributed by atoms with van der Waals surface area (Å²) in [5, 5.41) is 1.47. The van der Waals surface area contributed by atoms with Gasteiger partial charge in [0.05, 0.1) is 16.6 Å². The molecule has 0 atom stereocenters. The Labute approximate surface area is 123 Å². The lowest BCUT2D eigenvalue weighted by molar-refractivity contribution is 1.03. The normalized spacial score (nSPS) is 11.3. The van der Waals surface area contributed by atoms with Crippen molar-refractivity contribution in [2.24, 2.45) is 0 Å². The highest BCUT2D eigenvalue weighted by Gasteiger charge is 2.10. The molecule has 0 spiro atoms. The third-order valence-electron chi connectivity index (χ3n) is 3.37. The van der Waals surface area contributed by atoms with Crippen LogP contribution in [0.1, 0.15) is 0 Å². The van der Waals surface area contributed by atoms with Crippen molar-refractivity contribution in [3.63, 3.8) is 0 Å². The predicted molar refractivity (Wildman–Crippen MR) is 81.6 cm³/mol. The van der Waals surface area contributed by atoms with Crippen LogP contribution >= 0.6 is 11.6 Å². The zero-order valence-corrected chi connectivity index (χ0v) is 11.5. The zero-order chi connectivity index (χ0) is 14.4. The highest BCUT2D eigenvalue weighted by Crippen LogP contribution is 2.23. The van der Waals surface area contributed by atoms with Gasteiger partial charge in [0.2, 0.25) is 0 Å². The van der Waals surface area contributed by atoms with Crippen molar-refractivity contribution in [3.8, 4) is 11.3 Å². The molecule has 3 aromatic heterocycles. The highest BCUT2D eigenvalue weighted by molar-refractivity contribution is 6.30. The molecule has 0 aliphatic carbocycles. The Morgan fingerprint density at radius 3 is 2.76 bits per heavy atom. The Morgan fingerprint density at radius 2 is 1.95 bits per heavy atom. The van der Waals surface area contributed by atoms with Crippen LogP contribution in [0.5, 0.6) is 0 Å². The fraction of sp³-hybridized carbons (Fsp3) is 0. The summed E-state index contributed by atoms with van der Waals surface area (Å²) < 4.78 is 1.49. The van der Waals surface area contributed by atoms with Gasteiger partial charge in [0.1, 0.15) is 0 Å². The third kappa shape index (κ3) is 1.90. The van der Waals surface area contributed by atoms with Crippen LogP contribution in [0.2, 0.25) is 5.02 Å². The van der Waals surface area contributed by atoms with E-state index in [4.69, 9.17) is 11.6 Å². The van der Waals surface area contributed by atoms with Crippen molar-refractivity contribution in [3.05, 3.63) is 64.4 Å². The lowest BCUT2D eigenvalue weighted by Gasteiger charge is -1.98. The van der Waals surface area contributed by atoms with E-state index in [1.54, 1.807) is 36.8 Å². The number of aromatic nitrogens is 4. The van der Waals surface area contributed by atoms with Gasteiger partial charge in [-0.15, -0.1) is 0 Å². The Bertz CT molecular complexity index is 1020. The van der Waals surface area contributed by atoms with E-state index in [2.05, 4.69) is 15.0 Å². The molecule has 1 N–H and O–H groups in total. The number of pyridine rings is 1. The van der Waals surface area contributed by atoms with Crippen LogP contribution in [0.25, 0.3) is 27.8 Å². The first-order valence-electron chi connectivity index (χ1n) is 6.33. The maximum Gasteiger partial charge on any atom is 0.331 e. The van der Waals surface area contributed by atoms with Crippen LogP contribution in [0.3, 0.4) is 0 Å². The van der Waals surface area contributed by atoms with Gasteiger partial charge in [0, 0.05) is 29.2 Å². The molecule has 4 rings (SSSR count). The molecule has 5 nitrogen and oxygen atoms in total. The molecule has 0 radical (unpaired) electrons. The molecule has 0 amide bonds. The number of H-pyrrole nitrogens is 1. The Kier molecular flexibility index (Phi) is 2.55. The molecular weight excluding hydrogens is 288 g/mol. The van der Waals surface area contributed by atoms with Crippen molar-refractivity contribution in [2.75, 3.05) is 0 Å².